The zero-order valence-corrected chi connectivity index (χ0v) is 12.5. The second-order valence-electron chi connectivity index (χ2n) is 4.85. The number of amides is 1. The van der Waals surface area contributed by atoms with Gasteiger partial charge in [-0.05, 0) is 36.2 Å². The molecule has 0 aliphatic rings. The van der Waals surface area contributed by atoms with Gasteiger partial charge in [0, 0.05) is 11.4 Å². The third-order valence-electron chi connectivity index (χ3n) is 3.25. The monoisotopic (exact) mass is 302 g/mol. The highest BCUT2D eigenvalue weighted by atomic mass is 35.5. The van der Waals surface area contributed by atoms with Gasteiger partial charge in [-0.1, -0.05) is 54.1 Å². The van der Waals surface area contributed by atoms with E-state index in [1.54, 1.807) is 0 Å². The first-order chi connectivity index (χ1) is 10.2. The SMILES string of the molecule is NCCCC(=O)NC(c1ccccc1)c1ccc(Cl)cc1. The van der Waals surface area contributed by atoms with Crippen molar-refractivity contribution in [3.8, 4) is 0 Å². The molecular weight excluding hydrogens is 284 g/mol. The molecule has 0 fully saturated rings. The fourth-order valence-electron chi connectivity index (χ4n) is 2.16. The van der Waals surface area contributed by atoms with Crippen LogP contribution >= 0.6 is 11.6 Å². The number of nitrogens with one attached hydrogen (secondary N) is 1. The summed E-state index contributed by atoms with van der Waals surface area (Å²) in [6, 6.07) is 17.2. The first-order valence-corrected chi connectivity index (χ1v) is 7.38. The summed E-state index contributed by atoms with van der Waals surface area (Å²) in [4.78, 5) is 12.0. The van der Waals surface area contributed by atoms with E-state index in [0.29, 0.717) is 24.4 Å². The largest absolute Gasteiger partial charge is 0.345 e. The van der Waals surface area contributed by atoms with Gasteiger partial charge in [0.05, 0.1) is 6.04 Å². The summed E-state index contributed by atoms with van der Waals surface area (Å²) in [7, 11) is 0. The number of hydrogen-bond donors (Lipinski definition) is 2. The summed E-state index contributed by atoms with van der Waals surface area (Å²) < 4.78 is 0. The van der Waals surface area contributed by atoms with Crippen molar-refractivity contribution in [3.05, 3.63) is 70.7 Å². The predicted octanol–water partition coefficient (Wildman–Crippen LogP) is 3.28. The normalized spacial score (nSPS) is 11.9. The first kappa shape index (κ1) is 15.5. The van der Waals surface area contributed by atoms with Gasteiger partial charge in [-0.25, -0.2) is 0 Å². The molecule has 0 aromatic heterocycles. The van der Waals surface area contributed by atoms with Gasteiger partial charge in [0.15, 0.2) is 0 Å². The second-order valence-corrected chi connectivity index (χ2v) is 5.29. The average molecular weight is 303 g/mol. The third kappa shape index (κ3) is 4.59. The zero-order valence-electron chi connectivity index (χ0n) is 11.8. The maximum atomic E-state index is 12.0. The Balaban J connectivity index is 2.22. The molecule has 0 heterocycles. The van der Waals surface area contributed by atoms with Crippen LogP contribution < -0.4 is 11.1 Å². The number of halogens is 1. The van der Waals surface area contributed by atoms with Crippen LogP contribution in [0.25, 0.3) is 0 Å². The summed E-state index contributed by atoms with van der Waals surface area (Å²) in [5.74, 6) is 0.00394. The van der Waals surface area contributed by atoms with E-state index in [1.165, 1.54) is 0 Å². The minimum atomic E-state index is -0.172. The van der Waals surface area contributed by atoms with E-state index in [4.69, 9.17) is 17.3 Å². The summed E-state index contributed by atoms with van der Waals surface area (Å²) in [5, 5.41) is 3.75. The minimum Gasteiger partial charge on any atom is -0.345 e. The Morgan fingerprint density at radius 1 is 1.05 bits per heavy atom. The van der Waals surface area contributed by atoms with Crippen molar-refractivity contribution in [3.63, 3.8) is 0 Å². The number of carbonyl (C=O) groups is 1. The summed E-state index contributed by atoms with van der Waals surface area (Å²) >= 11 is 5.94. The Morgan fingerprint density at radius 2 is 1.67 bits per heavy atom. The van der Waals surface area contributed by atoms with E-state index in [1.807, 2.05) is 54.6 Å². The molecule has 2 rings (SSSR count). The van der Waals surface area contributed by atoms with Gasteiger partial charge in [0.2, 0.25) is 5.91 Å². The minimum absolute atomic E-state index is 0.00394. The Hall–Kier alpha value is -1.84. The molecule has 0 spiro atoms. The average Bonchev–Trinajstić information content (AvgIpc) is 2.52. The van der Waals surface area contributed by atoms with Crippen molar-refractivity contribution >= 4 is 17.5 Å². The van der Waals surface area contributed by atoms with Crippen LogP contribution in [-0.4, -0.2) is 12.5 Å². The van der Waals surface area contributed by atoms with Crippen LogP contribution in [0.4, 0.5) is 0 Å². The Morgan fingerprint density at radius 3 is 2.29 bits per heavy atom. The van der Waals surface area contributed by atoms with Crippen molar-refractivity contribution in [2.75, 3.05) is 6.54 Å². The van der Waals surface area contributed by atoms with Gasteiger partial charge in [0.1, 0.15) is 0 Å². The van der Waals surface area contributed by atoms with E-state index in [2.05, 4.69) is 5.32 Å². The fourth-order valence-corrected chi connectivity index (χ4v) is 2.28. The fraction of sp³-hybridized carbons (Fsp3) is 0.235. The quantitative estimate of drug-likeness (QED) is 0.860. The second kappa shape index (κ2) is 7.81. The van der Waals surface area contributed by atoms with Crippen LogP contribution in [0.2, 0.25) is 5.02 Å². The molecule has 3 nitrogen and oxygen atoms in total. The Bertz CT molecular complexity index is 569. The molecular formula is C17H19ClN2O. The van der Waals surface area contributed by atoms with Crippen LogP contribution in [0.15, 0.2) is 54.6 Å². The Kier molecular flexibility index (Phi) is 5.78. The molecule has 4 heteroatoms. The summed E-state index contributed by atoms with van der Waals surface area (Å²) in [6.07, 6.45) is 1.13. The van der Waals surface area contributed by atoms with E-state index in [9.17, 15) is 4.79 Å². The van der Waals surface area contributed by atoms with Crippen LogP contribution in [0.1, 0.15) is 30.0 Å². The number of carbonyl (C=O) groups excluding carboxylic acids is 1. The summed E-state index contributed by atoms with van der Waals surface area (Å²) in [5.41, 5.74) is 7.50. The number of rotatable bonds is 6. The molecule has 0 saturated heterocycles. The molecule has 1 atom stereocenters. The van der Waals surface area contributed by atoms with Crippen LogP contribution in [0.5, 0.6) is 0 Å². The maximum Gasteiger partial charge on any atom is 0.220 e. The summed E-state index contributed by atoms with van der Waals surface area (Å²) in [6.45, 7) is 0.518. The van der Waals surface area contributed by atoms with E-state index >= 15 is 0 Å². The lowest BCUT2D eigenvalue weighted by Crippen LogP contribution is -2.29. The lowest BCUT2D eigenvalue weighted by molar-refractivity contribution is -0.121. The molecule has 0 aliphatic heterocycles. The molecule has 0 saturated carbocycles. The lowest BCUT2D eigenvalue weighted by atomic mass is 9.98. The third-order valence-corrected chi connectivity index (χ3v) is 3.50. The molecule has 0 bridgehead atoms. The van der Waals surface area contributed by atoms with Gasteiger partial charge in [0.25, 0.3) is 0 Å². The van der Waals surface area contributed by atoms with Gasteiger partial charge in [-0.15, -0.1) is 0 Å². The smallest absolute Gasteiger partial charge is 0.220 e. The highest BCUT2D eigenvalue weighted by molar-refractivity contribution is 6.30. The molecule has 1 amide bonds. The van der Waals surface area contributed by atoms with E-state index in [0.717, 1.165) is 11.1 Å². The standard InChI is InChI=1S/C17H19ClN2O/c18-15-10-8-14(9-11-15)17(13-5-2-1-3-6-13)20-16(21)7-4-12-19/h1-3,5-6,8-11,17H,4,7,12,19H2,(H,20,21). The van der Waals surface area contributed by atoms with Crippen molar-refractivity contribution in [2.45, 2.75) is 18.9 Å². The van der Waals surface area contributed by atoms with Crippen LogP contribution in [-0.2, 0) is 4.79 Å². The molecule has 2 aromatic carbocycles. The van der Waals surface area contributed by atoms with Gasteiger partial charge in [-0.2, -0.15) is 0 Å². The van der Waals surface area contributed by atoms with E-state index < -0.39 is 0 Å². The van der Waals surface area contributed by atoms with Crippen molar-refractivity contribution in [1.29, 1.82) is 0 Å². The Labute approximate surface area is 130 Å². The molecule has 2 aromatic rings. The molecule has 1 unspecified atom stereocenters. The van der Waals surface area contributed by atoms with Gasteiger partial charge in [-0.3, -0.25) is 4.79 Å². The van der Waals surface area contributed by atoms with Crippen molar-refractivity contribution in [2.24, 2.45) is 5.73 Å². The van der Waals surface area contributed by atoms with E-state index in [-0.39, 0.29) is 11.9 Å². The molecule has 110 valence electrons. The number of hydrogen-bond acceptors (Lipinski definition) is 2. The van der Waals surface area contributed by atoms with Gasteiger partial charge >= 0.3 is 0 Å². The first-order valence-electron chi connectivity index (χ1n) is 7.00. The van der Waals surface area contributed by atoms with Crippen molar-refractivity contribution < 1.29 is 4.79 Å². The molecule has 3 N–H and O–H groups in total. The molecule has 21 heavy (non-hydrogen) atoms. The lowest BCUT2D eigenvalue weighted by Gasteiger charge is -2.20. The predicted molar refractivity (Wildman–Crippen MR) is 86.2 cm³/mol. The van der Waals surface area contributed by atoms with Gasteiger partial charge < -0.3 is 11.1 Å². The number of benzene rings is 2. The number of nitrogens with two attached hydrogens (primary N) is 1. The maximum absolute atomic E-state index is 12.0. The molecule has 0 radical (unpaired) electrons. The van der Waals surface area contributed by atoms with Crippen molar-refractivity contribution in [1.82, 2.24) is 5.32 Å². The highest BCUT2D eigenvalue weighted by Crippen LogP contribution is 2.23. The van der Waals surface area contributed by atoms with Crippen LogP contribution in [0, 0.1) is 0 Å². The zero-order chi connectivity index (χ0) is 15.1. The molecule has 0 aliphatic carbocycles. The van der Waals surface area contributed by atoms with Crippen LogP contribution in [0.3, 0.4) is 0 Å². The highest BCUT2D eigenvalue weighted by Gasteiger charge is 2.16. The topological polar surface area (TPSA) is 55.1 Å².